The van der Waals surface area contributed by atoms with Crippen molar-refractivity contribution in [2.75, 3.05) is 13.2 Å². The minimum Gasteiger partial charge on any atom is -0.494 e. The van der Waals surface area contributed by atoms with Crippen molar-refractivity contribution in [3.05, 3.63) is 71.4 Å². The van der Waals surface area contributed by atoms with Crippen molar-refractivity contribution in [3.8, 4) is 17.0 Å². The molecule has 5 heteroatoms. The molecule has 3 aromatic rings. The number of rotatable bonds is 9. The molecule has 31 heavy (non-hydrogen) atoms. The number of hydrogen-bond acceptors (Lipinski definition) is 3. The second-order valence-electron chi connectivity index (χ2n) is 8.58. The van der Waals surface area contributed by atoms with Crippen molar-refractivity contribution in [2.24, 2.45) is 5.92 Å². The summed E-state index contributed by atoms with van der Waals surface area (Å²) in [5.41, 5.74) is 4.53. The molecule has 1 amide bonds. The van der Waals surface area contributed by atoms with Gasteiger partial charge < -0.3 is 9.64 Å². The molecule has 162 valence electrons. The molecule has 2 heterocycles. The van der Waals surface area contributed by atoms with E-state index in [4.69, 9.17) is 4.74 Å². The Kier molecular flexibility index (Phi) is 6.40. The Labute approximate surface area is 184 Å². The molecule has 1 atom stereocenters. The molecule has 4 rings (SSSR count). The molecule has 1 aliphatic heterocycles. The first-order chi connectivity index (χ1) is 15.1. The number of amides is 1. The third kappa shape index (κ3) is 4.36. The van der Waals surface area contributed by atoms with Gasteiger partial charge in [0, 0.05) is 17.7 Å². The standard InChI is InChI=1S/C26H31N3O2/c1-4-5-16-29-25(20-11-13-21(14-12-20)31-17-15-18(2)3)22-23(19-9-7-6-8-10-19)27-28-24(22)26(29)30/h6-14,18,25H,4-5,15-17H2,1-3H3,(H,27,28). The Hall–Kier alpha value is -3.08. The molecular weight excluding hydrogens is 386 g/mol. The molecule has 1 aromatic heterocycles. The number of ether oxygens (including phenoxy) is 1. The van der Waals surface area contributed by atoms with Crippen molar-refractivity contribution in [2.45, 2.75) is 46.1 Å². The van der Waals surface area contributed by atoms with Gasteiger partial charge in [0.1, 0.15) is 11.4 Å². The minimum absolute atomic E-state index is 0.0281. The van der Waals surface area contributed by atoms with Gasteiger partial charge in [-0.3, -0.25) is 9.89 Å². The Morgan fingerprint density at radius 3 is 2.52 bits per heavy atom. The summed E-state index contributed by atoms with van der Waals surface area (Å²) in [5.74, 6) is 1.51. The lowest BCUT2D eigenvalue weighted by molar-refractivity contribution is 0.0741. The first-order valence-electron chi connectivity index (χ1n) is 11.3. The lowest BCUT2D eigenvalue weighted by Crippen LogP contribution is -2.30. The predicted molar refractivity (Wildman–Crippen MR) is 123 cm³/mol. The van der Waals surface area contributed by atoms with E-state index in [1.54, 1.807) is 0 Å². The number of H-pyrrole nitrogens is 1. The number of fused-ring (bicyclic) bond motifs is 1. The van der Waals surface area contributed by atoms with Gasteiger partial charge in [-0.15, -0.1) is 0 Å². The van der Waals surface area contributed by atoms with E-state index in [0.717, 1.165) is 53.9 Å². The number of nitrogens with zero attached hydrogens (tertiary/aromatic N) is 2. The maximum Gasteiger partial charge on any atom is 0.273 e. The third-order valence-corrected chi connectivity index (χ3v) is 5.82. The van der Waals surface area contributed by atoms with E-state index >= 15 is 0 Å². The van der Waals surface area contributed by atoms with Crippen molar-refractivity contribution in [1.29, 1.82) is 0 Å². The van der Waals surface area contributed by atoms with Crippen LogP contribution in [0.4, 0.5) is 0 Å². The molecule has 0 fully saturated rings. The number of hydrogen-bond donors (Lipinski definition) is 1. The van der Waals surface area contributed by atoms with E-state index in [1.165, 1.54) is 0 Å². The highest BCUT2D eigenvalue weighted by atomic mass is 16.5. The quantitative estimate of drug-likeness (QED) is 0.475. The van der Waals surface area contributed by atoms with Gasteiger partial charge in [0.05, 0.1) is 18.3 Å². The summed E-state index contributed by atoms with van der Waals surface area (Å²) in [6, 6.07) is 18.1. The monoisotopic (exact) mass is 417 g/mol. The molecule has 5 nitrogen and oxygen atoms in total. The van der Waals surface area contributed by atoms with Crippen LogP contribution in [-0.4, -0.2) is 34.2 Å². The number of benzene rings is 2. The van der Waals surface area contributed by atoms with Crippen molar-refractivity contribution in [3.63, 3.8) is 0 Å². The molecular formula is C26H31N3O2. The zero-order chi connectivity index (χ0) is 21.8. The van der Waals surface area contributed by atoms with E-state index in [1.807, 2.05) is 47.4 Å². The van der Waals surface area contributed by atoms with Crippen LogP contribution in [0.25, 0.3) is 11.3 Å². The van der Waals surface area contributed by atoms with Gasteiger partial charge in [-0.05, 0) is 36.5 Å². The van der Waals surface area contributed by atoms with Gasteiger partial charge in [-0.1, -0.05) is 69.7 Å². The third-order valence-electron chi connectivity index (χ3n) is 5.82. The summed E-state index contributed by atoms with van der Waals surface area (Å²) < 4.78 is 5.90. The highest BCUT2D eigenvalue weighted by Crippen LogP contribution is 2.43. The molecule has 0 bridgehead atoms. The van der Waals surface area contributed by atoms with Crippen LogP contribution >= 0.6 is 0 Å². The number of nitrogens with one attached hydrogen (secondary N) is 1. The van der Waals surface area contributed by atoms with Crippen LogP contribution in [0.3, 0.4) is 0 Å². The second-order valence-corrected chi connectivity index (χ2v) is 8.58. The van der Waals surface area contributed by atoms with Crippen LogP contribution in [0.1, 0.15) is 67.7 Å². The smallest absolute Gasteiger partial charge is 0.273 e. The van der Waals surface area contributed by atoms with Gasteiger partial charge in [-0.25, -0.2) is 0 Å². The molecule has 1 aliphatic rings. The molecule has 0 aliphatic carbocycles. The second kappa shape index (κ2) is 9.38. The van der Waals surface area contributed by atoms with E-state index in [-0.39, 0.29) is 11.9 Å². The Morgan fingerprint density at radius 2 is 1.84 bits per heavy atom. The van der Waals surface area contributed by atoms with Gasteiger partial charge in [-0.2, -0.15) is 5.10 Å². The van der Waals surface area contributed by atoms with Crippen LogP contribution in [0, 0.1) is 5.92 Å². The maximum atomic E-state index is 13.2. The van der Waals surface area contributed by atoms with Crippen LogP contribution in [0.2, 0.25) is 0 Å². The summed E-state index contributed by atoms with van der Waals surface area (Å²) in [5, 5.41) is 7.55. The van der Waals surface area contributed by atoms with Gasteiger partial charge >= 0.3 is 0 Å². The Balaban J connectivity index is 1.68. The highest BCUT2D eigenvalue weighted by molar-refractivity contribution is 6.00. The van der Waals surface area contributed by atoms with Crippen LogP contribution in [0.15, 0.2) is 54.6 Å². The molecule has 0 radical (unpaired) electrons. The average molecular weight is 418 g/mol. The predicted octanol–water partition coefficient (Wildman–Crippen LogP) is 5.85. The van der Waals surface area contributed by atoms with Crippen molar-refractivity contribution in [1.82, 2.24) is 15.1 Å². The number of carbonyl (C=O) groups is 1. The van der Waals surface area contributed by atoms with E-state index in [2.05, 4.69) is 43.1 Å². The molecule has 1 unspecified atom stereocenters. The minimum atomic E-state index is -0.146. The fourth-order valence-corrected chi connectivity index (χ4v) is 4.08. The first kappa shape index (κ1) is 21.2. The molecule has 2 aromatic carbocycles. The van der Waals surface area contributed by atoms with E-state index in [9.17, 15) is 4.79 Å². The van der Waals surface area contributed by atoms with Crippen LogP contribution < -0.4 is 4.74 Å². The summed E-state index contributed by atoms with van der Waals surface area (Å²) >= 11 is 0. The summed E-state index contributed by atoms with van der Waals surface area (Å²) in [4.78, 5) is 15.2. The zero-order valence-corrected chi connectivity index (χ0v) is 18.6. The number of unbranched alkanes of at least 4 members (excludes halogenated alkanes) is 1. The Bertz CT molecular complexity index is 1010. The zero-order valence-electron chi connectivity index (χ0n) is 18.6. The topological polar surface area (TPSA) is 58.2 Å². The Morgan fingerprint density at radius 1 is 1.10 bits per heavy atom. The lowest BCUT2D eigenvalue weighted by Gasteiger charge is -2.26. The maximum absolute atomic E-state index is 13.2. The van der Waals surface area contributed by atoms with Crippen molar-refractivity contribution >= 4 is 5.91 Å². The summed E-state index contributed by atoms with van der Waals surface area (Å²) in [6.07, 6.45) is 3.04. The molecule has 0 spiro atoms. The number of aromatic nitrogens is 2. The number of aromatic amines is 1. The summed E-state index contributed by atoms with van der Waals surface area (Å²) in [7, 11) is 0. The van der Waals surface area contributed by atoms with Gasteiger partial charge in [0.2, 0.25) is 0 Å². The number of carbonyl (C=O) groups excluding carboxylic acids is 1. The van der Waals surface area contributed by atoms with Gasteiger partial charge in [0.15, 0.2) is 0 Å². The molecule has 0 saturated heterocycles. The van der Waals surface area contributed by atoms with Gasteiger partial charge in [0.25, 0.3) is 5.91 Å². The first-order valence-corrected chi connectivity index (χ1v) is 11.3. The molecule has 0 saturated carbocycles. The van der Waals surface area contributed by atoms with E-state index in [0.29, 0.717) is 18.2 Å². The molecule has 1 N–H and O–H groups in total. The van der Waals surface area contributed by atoms with Crippen molar-refractivity contribution < 1.29 is 9.53 Å². The SMILES string of the molecule is CCCCN1C(=O)c2[nH]nc(-c3ccccc3)c2C1c1ccc(OCCC(C)C)cc1. The van der Waals surface area contributed by atoms with Crippen LogP contribution in [-0.2, 0) is 0 Å². The summed E-state index contributed by atoms with van der Waals surface area (Å²) in [6.45, 7) is 7.98. The lowest BCUT2D eigenvalue weighted by atomic mass is 9.96. The van der Waals surface area contributed by atoms with Crippen LogP contribution in [0.5, 0.6) is 5.75 Å². The average Bonchev–Trinajstić information content (AvgIpc) is 3.32. The van der Waals surface area contributed by atoms with E-state index < -0.39 is 0 Å². The largest absolute Gasteiger partial charge is 0.494 e. The highest BCUT2D eigenvalue weighted by Gasteiger charge is 2.41. The normalized spacial score (nSPS) is 15.5. The fraction of sp³-hybridized carbons (Fsp3) is 0.385. The fourth-order valence-electron chi connectivity index (χ4n) is 4.08.